The number of carbonyl (C=O) groups excluding carboxylic acids is 2. The van der Waals surface area contributed by atoms with Gasteiger partial charge in [-0.1, -0.05) is 85.7 Å². The lowest BCUT2D eigenvalue weighted by atomic mass is 9.98. The predicted molar refractivity (Wildman–Crippen MR) is 126 cm³/mol. The summed E-state index contributed by atoms with van der Waals surface area (Å²) in [6, 6.07) is 16.1. The van der Waals surface area contributed by atoms with Crippen LogP contribution in [0.5, 0.6) is 0 Å². The normalized spacial score (nSPS) is 13.0. The van der Waals surface area contributed by atoms with Crippen LogP contribution in [0.15, 0.2) is 60.7 Å². The number of anilines is 1. The predicted octanol–water partition coefficient (Wildman–Crippen LogP) is 5.04. The van der Waals surface area contributed by atoms with Crippen LogP contribution in [0.3, 0.4) is 0 Å². The monoisotopic (exact) mass is 454 g/mol. The van der Waals surface area contributed by atoms with Gasteiger partial charge in [0, 0.05) is 16.7 Å². The van der Waals surface area contributed by atoms with Crippen molar-refractivity contribution in [2.75, 3.05) is 5.32 Å². The molecular weight excluding hydrogens is 432 g/mol. The maximum atomic E-state index is 12.9. The fourth-order valence-corrected chi connectivity index (χ4v) is 3.77. The Labute approximate surface area is 190 Å². The molecule has 0 radical (unpaired) electrons. The molecule has 0 spiro atoms. The highest BCUT2D eigenvalue weighted by Crippen LogP contribution is 2.28. The summed E-state index contributed by atoms with van der Waals surface area (Å²) in [6.45, 7) is 3.89. The molecule has 160 valence electrons. The van der Waals surface area contributed by atoms with E-state index in [0.29, 0.717) is 15.2 Å². The first-order valence-corrected chi connectivity index (χ1v) is 11.1. The average Bonchev–Trinajstić information content (AvgIpc) is 3.24. The van der Waals surface area contributed by atoms with Gasteiger partial charge in [-0.3, -0.25) is 14.9 Å². The van der Waals surface area contributed by atoms with E-state index in [0.717, 1.165) is 17.5 Å². The molecule has 2 atom stereocenters. The Morgan fingerprint density at radius 3 is 2.61 bits per heavy atom. The van der Waals surface area contributed by atoms with E-state index in [-0.39, 0.29) is 17.7 Å². The lowest BCUT2D eigenvalue weighted by Crippen LogP contribution is -2.47. The van der Waals surface area contributed by atoms with Crippen molar-refractivity contribution in [3.8, 4) is 10.6 Å². The Hall–Kier alpha value is -3.03. The highest BCUT2D eigenvalue weighted by molar-refractivity contribution is 7.18. The second kappa shape index (κ2) is 10.8. The third-order valence-electron chi connectivity index (χ3n) is 4.75. The number of nitrogens with zero attached hydrogens (tertiary/aromatic N) is 2. The molecule has 0 fully saturated rings. The fourth-order valence-electron chi connectivity index (χ4n) is 2.83. The van der Waals surface area contributed by atoms with Crippen molar-refractivity contribution in [1.82, 2.24) is 15.5 Å². The largest absolute Gasteiger partial charge is 0.340 e. The van der Waals surface area contributed by atoms with Crippen molar-refractivity contribution in [3.05, 3.63) is 71.3 Å². The fraction of sp³-hybridized carbons (Fsp3) is 0.217. The molecule has 3 aromatic rings. The van der Waals surface area contributed by atoms with Gasteiger partial charge < -0.3 is 5.32 Å². The topological polar surface area (TPSA) is 84.0 Å². The van der Waals surface area contributed by atoms with Crippen LogP contribution < -0.4 is 10.6 Å². The summed E-state index contributed by atoms with van der Waals surface area (Å²) in [7, 11) is 0. The molecule has 0 aliphatic carbocycles. The van der Waals surface area contributed by atoms with Crippen LogP contribution in [0, 0.1) is 5.92 Å². The molecule has 0 saturated carbocycles. The van der Waals surface area contributed by atoms with E-state index in [4.69, 9.17) is 11.6 Å². The van der Waals surface area contributed by atoms with Gasteiger partial charge in [0.1, 0.15) is 11.0 Å². The van der Waals surface area contributed by atoms with Gasteiger partial charge in [-0.2, -0.15) is 0 Å². The Kier molecular flexibility index (Phi) is 7.92. The van der Waals surface area contributed by atoms with Crippen molar-refractivity contribution in [2.24, 2.45) is 5.92 Å². The van der Waals surface area contributed by atoms with E-state index in [9.17, 15) is 9.59 Å². The minimum absolute atomic E-state index is 0.0607. The number of rotatable bonds is 8. The molecule has 0 saturated heterocycles. The first-order chi connectivity index (χ1) is 15.0. The molecule has 0 bridgehead atoms. The highest BCUT2D eigenvalue weighted by atomic mass is 35.5. The van der Waals surface area contributed by atoms with Crippen LogP contribution in [0.1, 0.15) is 25.8 Å². The minimum Gasteiger partial charge on any atom is -0.340 e. The number of hydrogen-bond acceptors (Lipinski definition) is 5. The Morgan fingerprint density at radius 1 is 1.13 bits per heavy atom. The third-order valence-corrected chi connectivity index (χ3v) is 5.87. The third kappa shape index (κ3) is 6.47. The van der Waals surface area contributed by atoms with E-state index in [1.807, 2.05) is 56.3 Å². The smallest absolute Gasteiger partial charge is 0.249 e. The summed E-state index contributed by atoms with van der Waals surface area (Å²) in [5.41, 5.74) is 1.73. The van der Waals surface area contributed by atoms with Gasteiger partial charge >= 0.3 is 0 Å². The lowest BCUT2D eigenvalue weighted by Gasteiger charge is -2.22. The SMILES string of the molecule is CCC(C)C(NC(=O)/C=C/c1ccccc1)C(=O)Nc1nnc(-c2cccc(Cl)c2)s1. The standard InChI is InChI=1S/C23H23ClN4O2S/c1-3-15(2)20(25-19(29)13-12-16-8-5-4-6-9-16)21(30)26-23-28-27-22(31-23)17-10-7-11-18(24)14-17/h4-15,20H,3H2,1-2H3,(H,25,29)(H,26,28,30)/b13-12+. The Balaban J connectivity index is 1.67. The summed E-state index contributed by atoms with van der Waals surface area (Å²) in [5, 5.41) is 15.4. The summed E-state index contributed by atoms with van der Waals surface area (Å²) in [6.07, 6.45) is 3.87. The van der Waals surface area contributed by atoms with Crippen LogP contribution >= 0.6 is 22.9 Å². The van der Waals surface area contributed by atoms with Gasteiger partial charge in [0.25, 0.3) is 0 Å². The number of halogens is 1. The Bertz CT molecular complexity index is 1070. The number of benzene rings is 2. The highest BCUT2D eigenvalue weighted by Gasteiger charge is 2.26. The minimum atomic E-state index is -0.698. The summed E-state index contributed by atoms with van der Waals surface area (Å²) < 4.78 is 0. The molecule has 31 heavy (non-hydrogen) atoms. The van der Waals surface area contributed by atoms with Gasteiger partial charge in [-0.25, -0.2) is 0 Å². The van der Waals surface area contributed by atoms with Crippen molar-refractivity contribution in [1.29, 1.82) is 0 Å². The van der Waals surface area contributed by atoms with Gasteiger partial charge in [0.2, 0.25) is 16.9 Å². The van der Waals surface area contributed by atoms with Crippen LogP contribution in [0.4, 0.5) is 5.13 Å². The van der Waals surface area contributed by atoms with Crippen molar-refractivity contribution in [3.63, 3.8) is 0 Å². The Morgan fingerprint density at radius 2 is 1.90 bits per heavy atom. The zero-order valence-corrected chi connectivity index (χ0v) is 18.8. The molecule has 2 aromatic carbocycles. The average molecular weight is 455 g/mol. The molecule has 2 unspecified atom stereocenters. The molecule has 1 heterocycles. The molecule has 1 aromatic heterocycles. The lowest BCUT2D eigenvalue weighted by molar-refractivity contribution is -0.125. The molecule has 3 rings (SSSR count). The second-order valence-corrected chi connectivity index (χ2v) is 8.44. The van der Waals surface area contributed by atoms with E-state index in [2.05, 4.69) is 20.8 Å². The molecule has 0 aliphatic heterocycles. The van der Waals surface area contributed by atoms with Crippen molar-refractivity contribution < 1.29 is 9.59 Å². The first kappa shape index (κ1) is 22.7. The quantitative estimate of drug-likeness (QED) is 0.467. The van der Waals surface area contributed by atoms with Gasteiger partial charge in [-0.15, -0.1) is 10.2 Å². The van der Waals surface area contributed by atoms with Crippen molar-refractivity contribution in [2.45, 2.75) is 26.3 Å². The molecule has 0 aliphatic rings. The molecule has 2 N–H and O–H groups in total. The zero-order valence-electron chi connectivity index (χ0n) is 17.2. The summed E-state index contributed by atoms with van der Waals surface area (Å²) >= 11 is 7.28. The van der Waals surface area contributed by atoms with Crippen LogP contribution in [0.2, 0.25) is 5.02 Å². The van der Waals surface area contributed by atoms with Gasteiger partial charge in [0.05, 0.1) is 0 Å². The zero-order chi connectivity index (χ0) is 22.2. The second-order valence-electron chi connectivity index (χ2n) is 7.03. The summed E-state index contributed by atoms with van der Waals surface area (Å²) in [4.78, 5) is 25.3. The molecular formula is C23H23ClN4O2S. The maximum absolute atomic E-state index is 12.9. The van der Waals surface area contributed by atoms with E-state index in [1.54, 1.807) is 18.2 Å². The molecule has 2 amide bonds. The van der Waals surface area contributed by atoms with Crippen molar-refractivity contribution >= 4 is 46.0 Å². The summed E-state index contributed by atoms with van der Waals surface area (Å²) in [5.74, 6) is -0.722. The number of aromatic nitrogens is 2. The number of amides is 2. The van der Waals surface area contributed by atoms with Gasteiger partial charge in [-0.05, 0) is 29.7 Å². The number of nitrogens with one attached hydrogen (secondary N) is 2. The number of hydrogen-bond donors (Lipinski definition) is 2. The van der Waals surface area contributed by atoms with E-state index < -0.39 is 6.04 Å². The van der Waals surface area contributed by atoms with Crippen LogP contribution in [-0.4, -0.2) is 28.1 Å². The first-order valence-electron chi connectivity index (χ1n) is 9.90. The van der Waals surface area contributed by atoms with E-state index >= 15 is 0 Å². The van der Waals surface area contributed by atoms with E-state index in [1.165, 1.54) is 17.4 Å². The van der Waals surface area contributed by atoms with Gasteiger partial charge in [0.15, 0.2) is 0 Å². The van der Waals surface area contributed by atoms with Crippen LogP contribution in [-0.2, 0) is 9.59 Å². The molecule has 6 nitrogen and oxygen atoms in total. The maximum Gasteiger partial charge on any atom is 0.249 e. The molecule has 8 heteroatoms. The number of carbonyl (C=O) groups is 2. The van der Waals surface area contributed by atoms with Crippen LogP contribution in [0.25, 0.3) is 16.6 Å².